The van der Waals surface area contributed by atoms with Crippen LogP contribution in [0.1, 0.15) is 11.1 Å². The zero-order chi connectivity index (χ0) is 18.6. The smallest absolute Gasteiger partial charge is 0.410 e. The highest BCUT2D eigenvalue weighted by atomic mass is 16.7. The number of ether oxygens (including phenoxy) is 4. The minimum absolute atomic E-state index is 0.215. The third-order valence-corrected chi connectivity index (χ3v) is 4.98. The normalized spacial score (nSPS) is 26.3. The lowest BCUT2D eigenvalue weighted by Gasteiger charge is -2.31. The van der Waals surface area contributed by atoms with Crippen LogP contribution in [0.15, 0.2) is 60.7 Å². The molecule has 1 amide bonds. The van der Waals surface area contributed by atoms with Gasteiger partial charge in [-0.3, -0.25) is 4.90 Å². The first-order chi connectivity index (χ1) is 13.3. The van der Waals surface area contributed by atoms with Crippen molar-refractivity contribution in [3.05, 3.63) is 71.8 Å². The molecule has 27 heavy (non-hydrogen) atoms. The van der Waals surface area contributed by atoms with Crippen LogP contribution in [0.2, 0.25) is 0 Å². The molecule has 2 aliphatic rings. The van der Waals surface area contributed by atoms with Crippen LogP contribution >= 0.6 is 0 Å². The number of carbonyl (C=O) groups is 1. The summed E-state index contributed by atoms with van der Waals surface area (Å²) in [4.78, 5) is 14.3. The van der Waals surface area contributed by atoms with E-state index in [9.17, 15) is 4.79 Å². The second-order valence-corrected chi connectivity index (χ2v) is 6.72. The van der Waals surface area contributed by atoms with Gasteiger partial charge < -0.3 is 18.9 Å². The molecule has 6 heteroatoms. The van der Waals surface area contributed by atoms with E-state index in [0.29, 0.717) is 13.2 Å². The second kappa shape index (κ2) is 8.08. The third-order valence-electron chi connectivity index (χ3n) is 4.98. The first kappa shape index (κ1) is 18.0. The van der Waals surface area contributed by atoms with Gasteiger partial charge in [-0.1, -0.05) is 60.7 Å². The molecule has 0 N–H and O–H groups in total. The Morgan fingerprint density at radius 1 is 1.04 bits per heavy atom. The van der Waals surface area contributed by atoms with Crippen molar-refractivity contribution < 1.29 is 23.7 Å². The number of nitrogens with zero attached hydrogens (tertiary/aromatic N) is 1. The summed E-state index contributed by atoms with van der Waals surface area (Å²) < 4.78 is 22.9. The lowest BCUT2D eigenvalue weighted by molar-refractivity contribution is -0.162. The SMILES string of the molecule is CO[C@H]1O[C@@H]2CN(C(=O)OCc3ccccc3)[C@H]1[C@H]2OCc1ccccc1. The molecule has 0 radical (unpaired) electrons. The summed E-state index contributed by atoms with van der Waals surface area (Å²) >= 11 is 0. The van der Waals surface area contributed by atoms with Gasteiger partial charge in [-0.2, -0.15) is 0 Å². The van der Waals surface area contributed by atoms with E-state index in [1.807, 2.05) is 60.7 Å². The molecular formula is C21H23NO5. The molecule has 6 nitrogen and oxygen atoms in total. The number of carbonyl (C=O) groups excluding carboxylic acids is 1. The Hall–Kier alpha value is -2.41. The molecule has 0 spiro atoms. The lowest BCUT2D eigenvalue weighted by Crippen LogP contribution is -2.48. The van der Waals surface area contributed by atoms with Gasteiger partial charge in [0.25, 0.3) is 0 Å². The first-order valence-corrected chi connectivity index (χ1v) is 9.07. The Kier molecular flexibility index (Phi) is 5.38. The number of hydrogen-bond acceptors (Lipinski definition) is 5. The number of methoxy groups -OCH3 is 1. The number of benzene rings is 2. The molecule has 2 aliphatic heterocycles. The van der Waals surface area contributed by atoms with E-state index >= 15 is 0 Å². The van der Waals surface area contributed by atoms with Crippen LogP contribution in [0.3, 0.4) is 0 Å². The minimum atomic E-state index is -0.506. The molecule has 2 bridgehead atoms. The summed E-state index contributed by atoms with van der Waals surface area (Å²) in [5.41, 5.74) is 2.03. The molecule has 4 atom stereocenters. The van der Waals surface area contributed by atoms with Gasteiger partial charge in [0.2, 0.25) is 0 Å². The topological polar surface area (TPSA) is 57.2 Å². The fraction of sp³-hybridized carbons (Fsp3) is 0.381. The van der Waals surface area contributed by atoms with Gasteiger partial charge in [0.15, 0.2) is 6.29 Å². The highest BCUT2D eigenvalue weighted by Crippen LogP contribution is 2.36. The van der Waals surface area contributed by atoms with E-state index in [4.69, 9.17) is 18.9 Å². The average Bonchev–Trinajstić information content (AvgIpc) is 3.26. The van der Waals surface area contributed by atoms with Gasteiger partial charge in [-0.05, 0) is 11.1 Å². The van der Waals surface area contributed by atoms with Gasteiger partial charge in [-0.25, -0.2) is 4.79 Å². The molecule has 2 saturated heterocycles. The third kappa shape index (κ3) is 3.83. The summed E-state index contributed by atoms with van der Waals surface area (Å²) in [5.74, 6) is 0. The summed E-state index contributed by atoms with van der Waals surface area (Å²) in [6.45, 7) is 1.14. The summed E-state index contributed by atoms with van der Waals surface area (Å²) in [6.07, 6.45) is -1.33. The summed E-state index contributed by atoms with van der Waals surface area (Å²) in [7, 11) is 1.58. The molecule has 142 valence electrons. The van der Waals surface area contributed by atoms with Crippen molar-refractivity contribution >= 4 is 6.09 Å². The Labute approximate surface area is 158 Å². The Balaban J connectivity index is 1.39. The minimum Gasteiger partial charge on any atom is -0.445 e. The van der Waals surface area contributed by atoms with E-state index in [-0.39, 0.29) is 30.9 Å². The molecule has 2 aromatic rings. The highest BCUT2D eigenvalue weighted by molar-refractivity contribution is 5.69. The summed E-state index contributed by atoms with van der Waals surface area (Å²) in [5, 5.41) is 0. The van der Waals surface area contributed by atoms with E-state index < -0.39 is 6.29 Å². The fourth-order valence-electron chi connectivity index (χ4n) is 3.66. The summed E-state index contributed by atoms with van der Waals surface area (Å²) in [6, 6.07) is 19.3. The first-order valence-electron chi connectivity index (χ1n) is 9.07. The zero-order valence-corrected chi connectivity index (χ0v) is 15.2. The largest absolute Gasteiger partial charge is 0.445 e. The maximum Gasteiger partial charge on any atom is 0.410 e. The van der Waals surface area contributed by atoms with Crippen molar-refractivity contribution in [3.63, 3.8) is 0 Å². The Morgan fingerprint density at radius 2 is 1.67 bits per heavy atom. The molecule has 0 saturated carbocycles. The van der Waals surface area contributed by atoms with E-state index in [2.05, 4.69) is 0 Å². The predicted octanol–water partition coefficient (Wildman–Crippen LogP) is 2.96. The average molecular weight is 369 g/mol. The number of hydrogen-bond donors (Lipinski definition) is 0. The van der Waals surface area contributed by atoms with Crippen molar-refractivity contribution in [2.45, 2.75) is 37.8 Å². The van der Waals surface area contributed by atoms with Crippen LogP contribution in [0, 0.1) is 0 Å². The molecule has 0 aliphatic carbocycles. The molecule has 2 fully saturated rings. The maximum atomic E-state index is 12.6. The van der Waals surface area contributed by atoms with Crippen molar-refractivity contribution in [1.82, 2.24) is 4.90 Å². The van der Waals surface area contributed by atoms with Crippen molar-refractivity contribution in [1.29, 1.82) is 0 Å². The number of likely N-dealkylation sites (tertiary alicyclic amines) is 1. The van der Waals surface area contributed by atoms with Crippen molar-refractivity contribution in [2.75, 3.05) is 13.7 Å². The van der Waals surface area contributed by atoms with Crippen molar-refractivity contribution in [3.8, 4) is 0 Å². The van der Waals surface area contributed by atoms with Gasteiger partial charge in [0.1, 0.15) is 24.9 Å². The quantitative estimate of drug-likeness (QED) is 0.784. The molecule has 0 unspecified atom stereocenters. The fourth-order valence-corrected chi connectivity index (χ4v) is 3.66. The maximum absolute atomic E-state index is 12.6. The van der Waals surface area contributed by atoms with Gasteiger partial charge in [0, 0.05) is 7.11 Å². The molecular weight excluding hydrogens is 346 g/mol. The molecule has 2 aromatic carbocycles. The van der Waals surface area contributed by atoms with Crippen LogP contribution in [0.4, 0.5) is 4.79 Å². The molecule has 2 heterocycles. The van der Waals surface area contributed by atoms with Crippen molar-refractivity contribution in [2.24, 2.45) is 0 Å². The Bertz CT molecular complexity index is 754. The molecule has 0 aromatic heterocycles. The van der Waals surface area contributed by atoms with E-state index in [1.54, 1.807) is 12.0 Å². The van der Waals surface area contributed by atoms with E-state index in [0.717, 1.165) is 11.1 Å². The second-order valence-electron chi connectivity index (χ2n) is 6.72. The standard InChI is InChI=1S/C21H23NO5/c1-24-20-18-19(25-13-15-8-4-2-5-9-15)17(27-20)12-22(18)21(23)26-14-16-10-6-3-7-11-16/h2-11,17-20H,12-14H2,1H3/t17-,18+,19+,20+/m1/s1. The van der Waals surface area contributed by atoms with Gasteiger partial charge in [-0.15, -0.1) is 0 Å². The van der Waals surface area contributed by atoms with Crippen LogP contribution in [0.25, 0.3) is 0 Å². The van der Waals surface area contributed by atoms with Crippen LogP contribution < -0.4 is 0 Å². The predicted molar refractivity (Wildman–Crippen MR) is 97.8 cm³/mol. The van der Waals surface area contributed by atoms with Crippen LogP contribution in [0.5, 0.6) is 0 Å². The number of amides is 1. The van der Waals surface area contributed by atoms with E-state index in [1.165, 1.54) is 0 Å². The number of morpholine rings is 1. The number of fused-ring (bicyclic) bond motifs is 2. The lowest BCUT2D eigenvalue weighted by atomic mass is 10.1. The molecule has 4 rings (SSSR count). The van der Waals surface area contributed by atoms with Crippen LogP contribution in [-0.4, -0.2) is 49.2 Å². The highest BCUT2D eigenvalue weighted by Gasteiger charge is 2.57. The van der Waals surface area contributed by atoms with Gasteiger partial charge >= 0.3 is 6.09 Å². The zero-order valence-electron chi connectivity index (χ0n) is 15.2. The number of rotatable bonds is 6. The monoisotopic (exact) mass is 369 g/mol. The Morgan fingerprint density at radius 3 is 2.30 bits per heavy atom. The van der Waals surface area contributed by atoms with Crippen LogP contribution in [-0.2, 0) is 32.2 Å². The van der Waals surface area contributed by atoms with Gasteiger partial charge in [0.05, 0.1) is 13.2 Å².